The summed E-state index contributed by atoms with van der Waals surface area (Å²) in [7, 11) is 0. The fraction of sp³-hybridized carbons (Fsp3) is 0.391. The highest BCUT2D eigenvalue weighted by molar-refractivity contribution is 7.99. The first-order valence-corrected chi connectivity index (χ1v) is 11.5. The number of nitrogens with one attached hydrogen (secondary N) is 1. The molecule has 0 aliphatic rings. The number of nitrogens with zero attached hydrogens (tertiary/aromatic N) is 1. The van der Waals surface area contributed by atoms with Crippen molar-refractivity contribution < 1.29 is 9.59 Å². The number of carbonyl (C=O) groups is 2. The standard InChI is InChI=1S/C23H29ClN2O2S/c1-3-13-25-23(28)21(4-2)26(15-18-9-6-5-7-10-18)22(27)17-29-16-19-11-8-12-20(24)14-19/h5-12,14,21H,3-4,13,15-17H2,1-2H3,(H,25,28)/t21-/m1/s1. The molecule has 1 N–H and O–H groups in total. The van der Waals surface area contributed by atoms with E-state index in [1.165, 1.54) is 11.8 Å². The number of thioether (sulfide) groups is 1. The van der Waals surface area contributed by atoms with E-state index in [-0.39, 0.29) is 11.8 Å². The van der Waals surface area contributed by atoms with Crippen molar-refractivity contribution in [2.24, 2.45) is 0 Å². The zero-order valence-electron chi connectivity index (χ0n) is 17.1. The van der Waals surface area contributed by atoms with Gasteiger partial charge in [-0.15, -0.1) is 11.8 Å². The van der Waals surface area contributed by atoms with E-state index in [1.807, 2.05) is 68.4 Å². The van der Waals surface area contributed by atoms with Gasteiger partial charge in [0, 0.05) is 23.9 Å². The molecule has 0 aliphatic carbocycles. The maximum Gasteiger partial charge on any atom is 0.242 e. The van der Waals surface area contributed by atoms with E-state index in [0.29, 0.717) is 36.0 Å². The van der Waals surface area contributed by atoms with Gasteiger partial charge in [-0.2, -0.15) is 0 Å². The lowest BCUT2D eigenvalue weighted by Crippen LogP contribution is -2.49. The van der Waals surface area contributed by atoms with Gasteiger partial charge in [-0.25, -0.2) is 0 Å². The van der Waals surface area contributed by atoms with Gasteiger partial charge in [-0.1, -0.05) is 67.9 Å². The van der Waals surface area contributed by atoms with Crippen molar-refractivity contribution in [1.82, 2.24) is 10.2 Å². The van der Waals surface area contributed by atoms with Gasteiger partial charge in [0.1, 0.15) is 6.04 Å². The van der Waals surface area contributed by atoms with Crippen LogP contribution in [0, 0.1) is 0 Å². The molecule has 0 spiro atoms. The van der Waals surface area contributed by atoms with Gasteiger partial charge < -0.3 is 10.2 Å². The summed E-state index contributed by atoms with van der Waals surface area (Å²) in [4.78, 5) is 27.5. The minimum atomic E-state index is -0.471. The number of rotatable bonds is 11. The SMILES string of the molecule is CCCNC(=O)[C@@H](CC)N(Cc1ccccc1)C(=O)CSCc1cccc(Cl)c1. The van der Waals surface area contributed by atoms with Crippen molar-refractivity contribution in [1.29, 1.82) is 0 Å². The minimum Gasteiger partial charge on any atom is -0.354 e. The summed E-state index contributed by atoms with van der Waals surface area (Å²) >= 11 is 7.57. The van der Waals surface area contributed by atoms with Crippen molar-refractivity contribution in [3.8, 4) is 0 Å². The van der Waals surface area contributed by atoms with Crippen molar-refractivity contribution in [3.63, 3.8) is 0 Å². The Balaban J connectivity index is 2.07. The first-order chi connectivity index (χ1) is 14.0. The van der Waals surface area contributed by atoms with Crippen LogP contribution >= 0.6 is 23.4 Å². The highest BCUT2D eigenvalue weighted by Gasteiger charge is 2.28. The number of amides is 2. The Hall–Kier alpha value is -1.98. The van der Waals surface area contributed by atoms with Crippen LogP contribution in [0.15, 0.2) is 54.6 Å². The lowest BCUT2D eigenvalue weighted by Gasteiger charge is -2.30. The van der Waals surface area contributed by atoms with Crippen LogP contribution in [-0.2, 0) is 21.9 Å². The third-order valence-electron chi connectivity index (χ3n) is 4.51. The van der Waals surface area contributed by atoms with E-state index in [4.69, 9.17) is 11.6 Å². The molecule has 0 aliphatic heterocycles. The summed E-state index contributed by atoms with van der Waals surface area (Å²) in [6, 6.07) is 17.0. The Morgan fingerprint density at radius 1 is 1.07 bits per heavy atom. The van der Waals surface area contributed by atoms with E-state index in [0.717, 1.165) is 17.5 Å². The Bertz CT molecular complexity index is 785. The molecule has 0 bridgehead atoms. The van der Waals surface area contributed by atoms with E-state index in [2.05, 4.69) is 5.32 Å². The lowest BCUT2D eigenvalue weighted by molar-refractivity contribution is -0.139. The molecule has 2 amide bonds. The molecule has 2 aromatic carbocycles. The van der Waals surface area contributed by atoms with E-state index in [1.54, 1.807) is 4.90 Å². The smallest absolute Gasteiger partial charge is 0.242 e. The van der Waals surface area contributed by atoms with Crippen molar-refractivity contribution >= 4 is 35.2 Å². The molecule has 0 saturated heterocycles. The Morgan fingerprint density at radius 3 is 2.45 bits per heavy atom. The quantitative estimate of drug-likeness (QED) is 0.549. The topological polar surface area (TPSA) is 49.4 Å². The molecular weight excluding hydrogens is 404 g/mol. The first kappa shape index (κ1) is 23.3. The van der Waals surface area contributed by atoms with Gasteiger partial charge in [0.15, 0.2) is 0 Å². The highest BCUT2D eigenvalue weighted by atomic mass is 35.5. The number of hydrogen-bond donors (Lipinski definition) is 1. The van der Waals surface area contributed by atoms with Gasteiger partial charge in [0.25, 0.3) is 0 Å². The summed E-state index contributed by atoms with van der Waals surface area (Å²) in [5, 5.41) is 3.63. The normalized spacial score (nSPS) is 11.7. The fourth-order valence-electron chi connectivity index (χ4n) is 3.03. The molecule has 4 nitrogen and oxygen atoms in total. The molecular formula is C23H29ClN2O2S. The maximum absolute atomic E-state index is 13.1. The predicted molar refractivity (Wildman–Crippen MR) is 122 cm³/mol. The van der Waals surface area contributed by atoms with Crippen LogP contribution in [0.1, 0.15) is 37.8 Å². The number of carbonyl (C=O) groups excluding carboxylic acids is 2. The predicted octanol–water partition coefficient (Wildman–Crippen LogP) is 4.91. The summed E-state index contributed by atoms with van der Waals surface area (Å²) < 4.78 is 0. The lowest BCUT2D eigenvalue weighted by atomic mass is 10.1. The molecule has 156 valence electrons. The largest absolute Gasteiger partial charge is 0.354 e. The third-order valence-corrected chi connectivity index (χ3v) is 5.74. The Kier molecular flexibility index (Phi) is 10.1. The minimum absolute atomic E-state index is 0.0284. The number of hydrogen-bond acceptors (Lipinski definition) is 3. The van der Waals surface area contributed by atoms with E-state index in [9.17, 15) is 9.59 Å². The second-order valence-corrected chi connectivity index (χ2v) is 8.27. The summed E-state index contributed by atoms with van der Waals surface area (Å²) in [6.45, 7) is 5.00. The second-order valence-electron chi connectivity index (χ2n) is 6.85. The van der Waals surface area contributed by atoms with Gasteiger partial charge in [0.2, 0.25) is 11.8 Å². The molecule has 0 radical (unpaired) electrons. The van der Waals surface area contributed by atoms with Gasteiger partial charge in [-0.05, 0) is 36.1 Å². The van der Waals surface area contributed by atoms with Gasteiger partial charge in [0.05, 0.1) is 5.75 Å². The monoisotopic (exact) mass is 432 g/mol. The molecule has 0 aromatic heterocycles. The van der Waals surface area contributed by atoms with Gasteiger partial charge in [-0.3, -0.25) is 9.59 Å². The van der Waals surface area contributed by atoms with Crippen LogP contribution in [0.3, 0.4) is 0 Å². The molecule has 2 aromatic rings. The van der Waals surface area contributed by atoms with Crippen LogP contribution in [0.5, 0.6) is 0 Å². The molecule has 6 heteroatoms. The van der Waals surface area contributed by atoms with Crippen LogP contribution in [0.4, 0.5) is 0 Å². The maximum atomic E-state index is 13.1. The van der Waals surface area contributed by atoms with Crippen LogP contribution in [0.25, 0.3) is 0 Å². The molecule has 29 heavy (non-hydrogen) atoms. The van der Waals surface area contributed by atoms with Crippen molar-refractivity contribution in [3.05, 3.63) is 70.7 Å². The van der Waals surface area contributed by atoms with Crippen molar-refractivity contribution in [2.45, 2.75) is 45.0 Å². The third kappa shape index (κ3) is 7.75. The second kappa shape index (κ2) is 12.6. The molecule has 0 fully saturated rings. The molecule has 1 atom stereocenters. The van der Waals surface area contributed by atoms with Crippen LogP contribution in [-0.4, -0.2) is 35.1 Å². The van der Waals surface area contributed by atoms with Crippen LogP contribution in [0.2, 0.25) is 5.02 Å². The number of benzene rings is 2. The summed E-state index contributed by atoms with van der Waals surface area (Å²) in [5.41, 5.74) is 2.10. The van der Waals surface area contributed by atoms with Gasteiger partial charge >= 0.3 is 0 Å². The number of halogens is 1. The van der Waals surface area contributed by atoms with E-state index < -0.39 is 6.04 Å². The average molecular weight is 433 g/mol. The summed E-state index contributed by atoms with van der Waals surface area (Å²) in [5.74, 6) is 0.902. The Labute approximate surface area is 183 Å². The molecule has 2 rings (SSSR count). The molecule has 0 unspecified atom stereocenters. The Morgan fingerprint density at radius 2 is 1.79 bits per heavy atom. The zero-order chi connectivity index (χ0) is 21.1. The highest BCUT2D eigenvalue weighted by Crippen LogP contribution is 2.19. The summed E-state index contributed by atoms with van der Waals surface area (Å²) in [6.07, 6.45) is 1.44. The first-order valence-electron chi connectivity index (χ1n) is 9.98. The zero-order valence-corrected chi connectivity index (χ0v) is 18.6. The molecule has 0 saturated carbocycles. The molecule has 0 heterocycles. The fourth-order valence-corrected chi connectivity index (χ4v) is 4.10. The average Bonchev–Trinajstić information content (AvgIpc) is 2.72. The van der Waals surface area contributed by atoms with Crippen LogP contribution < -0.4 is 5.32 Å². The van der Waals surface area contributed by atoms with E-state index >= 15 is 0 Å². The van der Waals surface area contributed by atoms with Crippen molar-refractivity contribution in [2.75, 3.05) is 12.3 Å².